The van der Waals surface area contributed by atoms with Gasteiger partial charge in [0.2, 0.25) is 5.89 Å². The van der Waals surface area contributed by atoms with Crippen LogP contribution in [0.3, 0.4) is 0 Å². The first-order valence-electron chi connectivity index (χ1n) is 6.80. The van der Waals surface area contributed by atoms with Gasteiger partial charge in [-0.25, -0.2) is 9.37 Å². The van der Waals surface area contributed by atoms with Crippen LogP contribution >= 0.6 is 0 Å². The summed E-state index contributed by atoms with van der Waals surface area (Å²) in [5.41, 5.74) is 2.36. The molecule has 2 aromatic carbocycles. The molecule has 0 aliphatic heterocycles. The van der Waals surface area contributed by atoms with E-state index in [1.165, 1.54) is 18.4 Å². The number of rotatable bonds is 5. The van der Waals surface area contributed by atoms with Gasteiger partial charge in [-0.1, -0.05) is 30.3 Å². The van der Waals surface area contributed by atoms with E-state index in [9.17, 15) is 8.60 Å². The molecule has 0 saturated carbocycles. The molecule has 3 rings (SSSR count). The first kappa shape index (κ1) is 14.7. The number of hydrogen-bond donors (Lipinski definition) is 0. The van der Waals surface area contributed by atoms with Gasteiger partial charge in [-0.3, -0.25) is 4.21 Å². The van der Waals surface area contributed by atoms with E-state index < -0.39 is 10.8 Å². The van der Waals surface area contributed by atoms with Crippen molar-refractivity contribution in [2.45, 2.75) is 11.5 Å². The molecule has 3 nitrogen and oxygen atoms in total. The van der Waals surface area contributed by atoms with E-state index in [1.807, 2.05) is 30.3 Å². The molecule has 0 fully saturated rings. The highest BCUT2D eigenvalue weighted by molar-refractivity contribution is 7.83. The average Bonchev–Trinajstić information content (AvgIpc) is 2.97. The van der Waals surface area contributed by atoms with Crippen molar-refractivity contribution in [3.05, 3.63) is 77.9 Å². The van der Waals surface area contributed by atoms with Crippen molar-refractivity contribution in [2.24, 2.45) is 0 Å². The van der Waals surface area contributed by atoms with Crippen LogP contribution < -0.4 is 0 Å². The Morgan fingerprint density at radius 3 is 2.45 bits per heavy atom. The fourth-order valence-corrected chi connectivity index (χ4v) is 3.20. The predicted octanol–water partition coefficient (Wildman–Crippen LogP) is 3.93. The van der Waals surface area contributed by atoms with Crippen molar-refractivity contribution >= 4 is 10.8 Å². The highest BCUT2D eigenvalue weighted by atomic mass is 32.2. The molecule has 1 aromatic heterocycles. The number of hydrogen-bond acceptors (Lipinski definition) is 3. The van der Waals surface area contributed by atoms with Gasteiger partial charge in [0.1, 0.15) is 12.1 Å². The maximum absolute atomic E-state index is 12.9. The summed E-state index contributed by atoms with van der Waals surface area (Å²) in [5, 5.41) is 0. The monoisotopic (exact) mass is 315 g/mol. The molecule has 0 aliphatic rings. The second kappa shape index (κ2) is 6.66. The van der Waals surface area contributed by atoms with Crippen molar-refractivity contribution in [1.29, 1.82) is 0 Å². The van der Waals surface area contributed by atoms with Crippen molar-refractivity contribution in [3.8, 4) is 11.5 Å². The van der Waals surface area contributed by atoms with Crippen molar-refractivity contribution < 1.29 is 13.0 Å². The lowest BCUT2D eigenvalue weighted by atomic mass is 10.2. The molecule has 0 N–H and O–H groups in total. The second-order valence-corrected chi connectivity index (χ2v) is 6.32. The minimum absolute atomic E-state index is 0.306. The number of benzene rings is 2. The molecule has 0 amide bonds. The summed E-state index contributed by atoms with van der Waals surface area (Å²) in [6.45, 7) is 0. The first-order chi connectivity index (χ1) is 10.7. The number of aromatic nitrogens is 1. The summed E-state index contributed by atoms with van der Waals surface area (Å²) in [5.74, 6) is 0.922. The summed E-state index contributed by atoms with van der Waals surface area (Å²) in [6, 6.07) is 15.6. The van der Waals surface area contributed by atoms with Crippen LogP contribution in [0.2, 0.25) is 0 Å². The maximum Gasteiger partial charge on any atom is 0.226 e. The van der Waals surface area contributed by atoms with Gasteiger partial charge in [0, 0.05) is 22.1 Å². The summed E-state index contributed by atoms with van der Waals surface area (Å²) < 4.78 is 30.4. The van der Waals surface area contributed by atoms with Gasteiger partial charge in [0.05, 0.1) is 11.4 Å². The molecular formula is C17H14FNO2S. The lowest BCUT2D eigenvalue weighted by molar-refractivity contribution is 0.572. The van der Waals surface area contributed by atoms with Gasteiger partial charge in [-0.15, -0.1) is 0 Å². The van der Waals surface area contributed by atoms with Gasteiger partial charge in [0.25, 0.3) is 0 Å². The Morgan fingerprint density at radius 1 is 1.00 bits per heavy atom. The molecule has 5 heteroatoms. The van der Waals surface area contributed by atoms with E-state index in [-0.39, 0.29) is 5.82 Å². The normalized spacial score (nSPS) is 12.2. The Morgan fingerprint density at radius 2 is 1.73 bits per heavy atom. The highest BCUT2D eigenvalue weighted by Crippen LogP contribution is 2.20. The van der Waals surface area contributed by atoms with E-state index in [2.05, 4.69) is 4.98 Å². The molecule has 0 spiro atoms. The molecule has 0 saturated heterocycles. The average molecular weight is 315 g/mol. The van der Waals surface area contributed by atoms with E-state index in [0.717, 1.165) is 5.56 Å². The third kappa shape index (κ3) is 3.68. The molecule has 0 aliphatic carbocycles. The molecule has 0 radical (unpaired) electrons. The minimum atomic E-state index is -1.05. The Kier molecular flexibility index (Phi) is 4.44. The Hall–Kier alpha value is -2.27. The van der Waals surface area contributed by atoms with Crippen LogP contribution in [0, 0.1) is 5.82 Å². The first-order valence-corrected chi connectivity index (χ1v) is 8.29. The van der Waals surface area contributed by atoms with Gasteiger partial charge in [-0.2, -0.15) is 0 Å². The Labute approximate surface area is 130 Å². The van der Waals surface area contributed by atoms with Gasteiger partial charge < -0.3 is 4.42 Å². The number of nitrogens with zero attached hydrogens (tertiary/aromatic N) is 1. The Balaban J connectivity index is 1.66. The predicted molar refractivity (Wildman–Crippen MR) is 83.9 cm³/mol. The van der Waals surface area contributed by atoms with E-state index >= 15 is 0 Å². The largest absolute Gasteiger partial charge is 0.444 e. The highest BCUT2D eigenvalue weighted by Gasteiger charge is 2.10. The van der Waals surface area contributed by atoms with Gasteiger partial charge in [0.15, 0.2) is 0 Å². The second-order valence-electron chi connectivity index (χ2n) is 4.86. The van der Waals surface area contributed by atoms with Crippen molar-refractivity contribution in [1.82, 2.24) is 4.98 Å². The SMILES string of the molecule is O=[S@@](Cc1ccccc1)Cc1coc(-c2ccc(F)cc2)n1. The van der Waals surface area contributed by atoms with E-state index in [4.69, 9.17) is 4.42 Å². The summed E-state index contributed by atoms with van der Waals surface area (Å²) >= 11 is 0. The summed E-state index contributed by atoms with van der Waals surface area (Å²) in [7, 11) is -1.05. The number of oxazole rings is 1. The molecule has 0 unspecified atom stereocenters. The minimum Gasteiger partial charge on any atom is -0.444 e. The summed E-state index contributed by atoms with van der Waals surface area (Å²) in [4.78, 5) is 4.31. The molecular weight excluding hydrogens is 301 g/mol. The van der Waals surface area contributed by atoms with Crippen LogP contribution in [0.25, 0.3) is 11.5 Å². The molecule has 1 heterocycles. The van der Waals surface area contributed by atoms with Crippen molar-refractivity contribution in [3.63, 3.8) is 0 Å². The van der Waals surface area contributed by atoms with Gasteiger partial charge in [-0.05, 0) is 29.8 Å². The van der Waals surface area contributed by atoms with E-state index in [0.29, 0.717) is 28.7 Å². The standard InChI is InChI=1S/C17H14FNO2S/c18-15-8-6-14(7-9-15)17-19-16(10-21-17)12-22(20)11-13-4-2-1-3-5-13/h1-10H,11-12H2/t22-/m0/s1. The molecule has 0 bridgehead atoms. The smallest absolute Gasteiger partial charge is 0.226 e. The topological polar surface area (TPSA) is 43.1 Å². The third-order valence-corrected chi connectivity index (χ3v) is 4.40. The summed E-state index contributed by atoms with van der Waals surface area (Å²) in [6.07, 6.45) is 1.50. The zero-order valence-corrected chi connectivity index (χ0v) is 12.6. The lowest BCUT2D eigenvalue weighted by Crippen LogP contribution is -1.99. The number of halogens is 1. The van der Waals surface area contributed by atoms with Gasteiger partial charge >= 0.3 is 0 Å². The van der Waals surface area contributed by atoms with Crippen LogP contribution in [0.5, 0.6) is 0 Å². The van der Waals surface area contributed by atoms with Crippen LogP contribution in [-0.2, 0) is 22.3 Å². The molecule has 3 aromatic rings. The Bertz CT molecular complexity index is 769. The molecule has 1 atom stereocenters. The quantitative estimate of drug-likeness (QED) is 0.716. The fourth-order valence-electron chi connectivity index (χ4n) is 2.07. The zero-order chi connectivity index (χ0) is 15.4. The maximum atomic E-state index is 12.9. The van der Waals surface area contributed by atoms with Crippen LogP contribution in [-0.4, -0.2) is 9.19 Å². The van der Waals surface area contributed by atoms with Crippen molar-refractivity contribution in [2.75, 3.05) is 0 Å². The lowest BCUT2D eigenvalue weighted by Gasteiger charge is -2.00. The van der Waals surface area contributed by atoms with Crippen LogP contribution in [0.1, 0.15) is 11.3 Å². The zero-order valence-electron chi connectivity index (χ0n) is 11.7. The third-order valence-electron chi connectivity index (χ3n) is 3.12. The van der Waals surface area contributed by atoms with Crippen LogP contribution in [0.15, 0.2) is 65.3 Å². The van der Waals surface area contributed by atoms with Crippen LogP contribution in [0.4, 0.5) is 4.39 Å². The van der Waals surface area contributed by atoms with E-state index in [1.54, 1.807) is 12.1 Å². The molecule has 112 valence electrons. The molecule has 22 heavy (non-hydrogen) atoms. The fraction of sp³-hybridized carbons (Fsp3) is 0.118.